The van der Waals surface area contributed by atoms with Crippen molar-refractivity contribution >= 4 is 6.03 Å². The van der Waals surface area contributed by atoms with Gasteiger partial charge in [0.1, 0.15) is 18.2 Å². The largest absolute Gasteiger partial charge is 0.492 e. The molecule has 0 aliphatic carbocycles. The molecule has 0 aliphatic rings. The molecular weight excluding hydrogens is 263 g/mol. The Kier molecular flexibility index (Phi) is 7.42. The standard InChI is InChI=1S/C14H21FN2O3/c1-17(9-3-10-19-2)14(18)16-8-11-20-13-6-4-12(15)5-7-13/h4-7H,3,8-11H2,1-2H3,(H,16,18). The Morgan fingerprint density at radius 2 is 2.00 bits per heavy atom. The molecule has 0 aliphatic heterocycles. The van der Waals surface area contributed by atoms with E-state index in [0.29, 0.717) is 32.1 Å². The first-order chi connectivity index (χ1) is 9.63. The molecule has 1 aromatic rings. The van der Waals surface area contributed by atoms with E-state index in [2.05, 4.69) is 5.32 Å². The van der Waals surface area contributed by atoms with E-state index in [9.17, 15) is 9.18 Å². The van der Waals surface area contributed by atoms with Gasteiger partial charge in [-0.25, -0.2) is 9.18 Å². The molecule has 0 atom stereocenters. The molecule has 0 fully saturated rings. The summed E-state index contributed by atoms with van der Waals surface area (Å²) in [6, 6.07) is 5.61. The van der Waals surface area contributed by atoms with Crippen LogP contribution in [0.15, 0.2) is 24.3 Å². The molecule has 6 heteroatoms. The van der Waals surface area contributed by atoms with E-state index >= 15 is 0 Å². The number of urea groups is 1. The molecule has 1 rings (SSSR count). The normalized spacial score (nSPS) is 10.2. The maximum absolute atomic E-state index is 12.7. The van der Waals surface area contributed by atoms with Crippen LogP contribution < -0.4 is 10.1 Å². The molecule has 0 unspecified atom stereocenters. The summed E-state index contributed by atoms with van der Waals surface area (Å²) in [4.78, 5) is 13.3. The van der Waals surface area contributed by atoms with Gasteiger partial charge in [0.15, 0.2) is 0 Å². The van der Waals surface area contributed by atoms with E-state index in [1.165, 1.54) is 12.1 Å². The summed E-state index contributed by atoms with van der Waals surface area (Å²) in [5.74, 6) is 0.275. The molecule has 0 aromatic heterocycles. The number of rotatable bonds is 8. The number of methoxy groups -OCH3 is 1. The molecule has 0 saturated carbocycles. The third-order valence-corrected chi connectivity index (χ3v) is 2.65. The van der Waals surface area contributed by atoms with E-state index < -0.39 is 0 Å². The van der Waals surface area contributed by atoms with Crippen LogP contribution in [0.3, 0.4) is 0 Å². The monoisotopic (exact) mass is 284 g/mol. The van der Waals surface area contributed by atoms with Crippen molar-refractivity contribution in [1.29, 1.82) is 0 Å². The van der Waals surface area contributed by atoms with Gasteiger partial charge in [-0.3, -0.25) is 0 Å². The van der Waals surface area contributed by atoms with Gasteiger partial charge in [0.2, 0.25) is 0 Å². The fourth-order valence-corrected chi connectivity index (χ4v) is 1.54. The summed E-state index contributed by atoms with van der Waals surface area (Å²) in [6.07, 6.45) is 0.798. The zero-order chi connectivity index (χ0) is 14.8. The average Bonchev–Trinajstić information content (AvgIpc) is 2.45. The van der Waals surface area contributed by atoms with Crippen molar-refractivity contribution in [2.75, 3.05) is 40.5 Å². The Labute approximate surface area is 118 Å². The molecule has 1 aromatic carbocycles. The predicted molar refractivity (Wildman–Crippen MR) is 74.4 cm³/mol. The van der Waals surface area contributed by atoms with E-state index in [0.717, 1.165) is 6.42 Å². The number of ether oxygens (including phenoxy) is 2. The smallest absolute Gasteiger partial charge is 0.317 e. The van der Waals surface area contributed by atoms with Gasteiger partial charge < -0.3 is 19.7 Å². The van der Waals surface area contributed by atoms with Crippen LogP contribution >= 0.6 is 0 Å². The lowest BCUT2D eigenvalue weighted by Gasteiger charge is -2.17. The number of hydrogen-bond acceptors (Lipinski definition) is 3. The Hall–Kier alpha value is -1.82. The highest BCUT2D eigenvalue weighted by atomic mass is 19.1. The fraction of sp³-hybridized carbons (Fsp3) is 0.500. The maximum Gasteiger partial charge on any atom is 0.317 e. The SMILES string of the molecule is COCCCN(C)C(=O)NCCOc1ccc(F)cc1. The van der Waals surface area contributed by atoms with Gasteiger partial charge in [0.05, 0.1) is 6.54 Å². The molecule has 0 saturated heterocycles. The van der Waals surface area contributed by atoms with Crippen LogP contribution in [0, 0.1) is 5.82 Å². The van der Waals surface area contributed by atoms with Crippen molar-refractivity contribution in [2.24, 2.45) is 0 Å². The molecule has 0 spiro atoms. The molecule has 0 bridgehead atoms. The third kappa shape index (κ3) is 6.38. The van der Waals surface area contributed by atoms with Crippen molar-refractivity contribution in [3.63, 3.8) is 0 Å². The third-order valence-electron chi connectivity index (χ3n) is 2.65. The lowest BCUT2D eigenvalue weighted by molar-refractivity contribution is 0.174. The van der Waals surface area contributed by atoms with Gasteiger partial charge in [-0.2, -0.15) is 0 Å². The van der Waals surface area contributed by atoms with E-state index in [-0.39, 0.29) is 11.8 Å². The van der Waals surface area contributed by atoms with Crippen LogP contribution in [0.2, 0.25) is 0 Å². The number of hydrogen-bond donors (Lipinski definition) is 1. The van der Waals surface area contributed by atoms with E-state index in [1.54, 1.807) is 31.2 Å². The van der Waals surface area contributed by atoms with Gasteiger partial charge >= 0.3 is 6.03 Å². The lowest BCUT2D eigenvalue weighted by atomic mass is 10.3. The highest BCUT2D eigenvalue weighted by molar-refractivity contribution is 5.73. The van der Waals surface area contributed by atoms with Gasteiger partial charge in [0.25, 0.3) is 0 Å². The predicted octanol–water partition coefficient (Wildman–Crippen LogP) is 1.88. The second-order valence-corrected chi connectivity index (χ2v) is 4.30. The van der Waals surface area contributed by atoms with E-state index in [4.69, 9.17) is 9.47 Å². The Balaban J connectivity index is 2.13. The van der Waals surface area contributed by atoms with Gasteiger partial charge in [0, 0.05) is 27.3 Å². The number of nitrogens with one attached hydrogen (secondary N) is 1. The van der Waals surface area contributed by atoms with Crippen molar-refractivity contribution in [3.05, 3.63) is 30.1 Å². The maximum atomic E-state index is 12.7. The minimum atomic E-state index is -0.302. The molecule has 5 nitrogen and oxygen atoms in total. The van der Waals surface area contributed by atoms with Crippen LogP contribution in [-0.4, -0.2) is 51.4 Å². The van der Waals surface area contributed by atoms with Crippen molar-refractivity contribution in [1.82, 2.24) is 10.2 Å². The summed E-state index contributed by atoms with van der Waals surface area (Å²) in [5, 5.41) is 2.74. The summed E-state index contributed by atoms with van der Waals surface area (Å²) >= 11 is 0. The van der Waals surface area contributed by atoms with Crippen molar-refractivity contribution < 1.29 is 18.7 Å². The van der Waals surface area contributed by atoms with Gasteiger partial charge in [-0.1, -0.05) is 0 Å². The lowest BCUT2D eigenvalue weighted by Crippen LogP contribution is -2.39. The van der Waals surface area contributed by atoms with Crippen LogP contribution in [0.5, 0.6) is 5.75 Å². The first-order valence-electron chi connectivity index (χ1n) is 6.49. The molecular formula is C14H21FN2O3. The van der Waals surface area contributed by atoms with Crippen LogP contribution in [-0.2, 0) is 4.74 Å². The number of halogens is 1. The second-order valence-electron chi connectivity index (χ2n) is 4.30. The highest BCUT2D eigenvalue weighted by Crippen LogP contribution is 2.10. The average molecular weight is 284 g/mol. The number of benzene rings is 1. The number of carbonyl (C=O) groups excluding carboxylic acids is 1. The summed E-state index contributed by atoms with van der Waals surface area (Å²) in [6.45, 7) is 2.00. The zero-order valence-electron chi connectivity index (χ0n) is 11.9. The van der Waals surface area contributed by atoms with Gasteiger partial charge in [-0.15, -0.1) is 0 Å². The van der Waals surface area contributed by atoms with Crippen LogP contribution in [0.25, 0.3) is 0 Å². The molecule has 20 heavy (non-hydrogen) atoms. The first kappa shape index (κ1) is 16.2. The molecule has 0 heterocycles. The quantitative estimate of drug-likeness (QED) is 0.742. The molecule has 2 amide bonds. The molecule has 1 N–H and O–H groups in total. The van der Waals surface area contributed by atoms with Crippen molar-refractivity contribution in [3.8, 4) is 5.75 Å². The zero-order valence-corrected chi connectivity index (χ0v) is 11.9. The Morgan fingerprint density at radius 1 is 1.30 bits per heavy atom. The Morgan fingerprint density at radius 3 is 2.65 bits per heavy atom. The van der Waals surface area contributed by atoms with E-state index in [1.807, 2.05) is 0 Å². The minimum Gasteiger partial charge on any atom is -0.492 e. The van der Waals surface area contributed by atoms with Gasteiger partial charge in [-0.05, 0) is 30.7 Å². The van der Waals surface area contributed by atoms with Crippen LogP contribution in [0.1, 0.15) is 6.42 Å². The highest BCUT2D eigenvalue weighted by Gasteiger charge is 2.06. The van der Waals surface area contributed by atoms with Crippen LogP contribution in [0.4, 0.5) is 9.18 Å². The number of amides is 2. The summed E-state index contributed by atoms with van der Waals surface area (Å²) in [5.41, 5.74) is 0. The first-order valence-corrected chi connectivity index (χ1v) is 6.49. The Bertz CT molecular complexity index is 398. The summed E-state index contributed by atoms with van der Waals surface area (Å²) < 4.78 is 23.0. The molecule has 0 radical (unpaired) electrons. The summed E-state index contributed by atoms with van der Waals surface area (Å²) in [7, 11) is 3.36. The van der Waals surface area contributed by atoms with Crippen molar-refractivity contribution in [2.45, 2.75) is 6.42 Å². The minimum absolute atomic E-state index is 0.149. The second kappa shape index (κ2) is 9.14. The topological polar surface area (TPSA) is 50.8 Å². The number of nitrogens with zero attached hydrogens (tertiary/aromatic N) is 1. The molecule has 112 valence electrons. The fourth-order valence-electron chi connectivity index (χ4n) is 1.54. The number of carbonyl (C=O) groups is 1.